The zero-order chi connectivity index (χ0) is 19.3. The molecular formula is C15H18ClFN4O3S2. The third-order valence-corrected chi connectivity index (χ3v) is 4.74. The van der Waals surface area contributed by atoms with Crippen LogP contribution in [-0.2, 0) is 15.8 Å². The number of nitrogens with zero attached hydrogens (tertiary/aromatic N) is 2. The average molecular weight is 421 g/mol. The number of hydrogen-bond donors (Lipinski definition) is 3. The van der Waals surface area contributed by atoms with Gasteiger partial charge in [-0.25, -0.2) is 22.8 Å². The fraction of sp³-hybridized carbons (Fsp3) is 0.333. The van der Waals surface area contributed by atoms with Crippen molar-refractivity contribution in [1.29, 1.82) is 0 Å². The van der Waals surface area contributed by atoms with Crippen molar-refractivity contribution in [3.8, 4) is 0 Å². The predicted octanol–water partition coefficient (Wildman–Crippen LogP) is 2.73. The van der Waals surface area contributed by atoms with E-state index in [1.807, 2.05) is 0 Å². The molecule has 0 aliphatic rings. The lowest BCUT2D eigenvalue weighted by molar-refractivity contribution is 0.281. The fourth-order valence-corrected chi connectivity index (χ4v) is 3.41. The van der Waals surface area contributed by atoms with E-state index in [9.17, 15) is 12.8 Å². The van der Waals surface area contributed by atoms with Crippen molar-refractivity contribution in [3.05, 3.63) is 40.7 Å². The second-order valence-electron chi connectivity index (χ2n) is 5.55. The highest BCUT2D eigenvalue weighted by atomic mass is 35.5. The molecule has 2 rings (SSSR count). The van der Waals surface area contributed by atoms with Crippen LogP contribution in [-0.4, -0.2) is 42.4 Å². The molecule has 0 unspecified atom stereocenters. The van der Waals surface area contributed by atoms with Gasteiger partial charge in [-0.1, -0.05) is 23.4 Å². The monoisotopic (exact) mass is 420 g/mol. The van der Waals surface area contributed by atoms with Gasteiger partial charge >= 0.3 is 0 Å². The summed E-state index contributed by atoms with van der Waals surface area (Å²) in [6, 6.07) is 5.36. The third kappa shape index (κ3) is 6.60. The maximum Gasteiger partial charge on any atom is 0.230 e. The molecule has 0 aliphatic heterocycles. The van der Waals surface area contributed by atoms with E-state index in [1.54, 1.807) is 6.92 Å². The molecular weight excluding hydrogens is 403 g/mol. The molecule has 26 heavy (non-hydrogen) atoms. The lowest BCUT2D eigenvalue weighted by atomic mass is 10.2. The van der Waals surface area contributed by atoms with Crippen LogP contribution in [0.1, 0.15) is 12.5 Å². The van der Waals surface area contributed by atoms with Crippen molar-refractivity contribution < 1.29 is 17.9 Å². The smallest absolute Gasteiger partial charge is 0.230 e. The minimum atomic E-state index is -3.53. The summed E-state index contributed by atoms with van der Waals surface area (Å²) in [7, 11) is -3.53. The van der Waals surface area contributed by atoms with Gasteiger partial charge in [-0.2, -0.15) is 0 Å². The second kappa shape index (κ2) is 8.85. The highest BCUT2D eigenvalue weighted by Crippen LogP contribution is 2.26. The molecule has 1 aromatic heterocycles. The summed E-state index contributed by atoms with van der Waals surface area (Å²) in [5.74, 6) is 0.217. The van der Waals surface area contributed by atoms with Gasteiger partial charge in [0.05, 0.1) is 12.9 Å². The maximum atomic E-state index is 13.8. The van der Waals surface area contributed by atoms with Crippen LogP contribution in [0.25, 0.3) is 0 Å². The SMILES string of the molecule is C[C@H](CO)Nc1cc(NS(C)(=O)=O)nc(SCc2cc(Cl)ccc2F)n1. The standard InChI is InChI=1S/C15H18ClFN4O3S2/c1-9(7-22)18-13-6-14(21-26(2,23)24)20-15(19-13)25-8-10-5-11(16)3-4-12(10)17/h3-6,9,22H,7-8H2,1-2H3,(H2,18,19,20,21)/t9-/m1/s1. The number of anilines is 2. The van der Waals surface area contributed by atoms with Gasteiger partial charge in [0.15, 0.2) is 5.16 Å². The highest BCUT2D eigenvalue weighted by molar-refractivity contribution is 7.98. The van der Waals surface area contributed by atoms with Crippen LogP contribution in [0.4, 0.5) is 16.0 Å². The summed E-state index contributed by atoms with van der Waals surface area (Å²) >= 11 is 7.00. The van der Waals surface area contributed by atoms with Gasteiger partial charge in [-0.3, -0.25) is 4.72 Å². The number of aliphatic hydroxyl groups is 1. The molecule has 142 valence electrons. The van der Waals surface area contributed by atoms with Crippen LogP contribution in [0.5, 0.6) is 0 Å². The number of hydrogen-bond acceptors (Lipinski definition) is 7. The number of sulfonamides is 1. The molecule has 0 bridgehead atoms. The molecule has 1 heterocycles. The average Bonchev–Trinajstić information content (AvgIpc) is 2.53. The zero-order valence-corrected chi connectivity index (χ0v) is 16.4. The Hall–Kier alpha value is -1.62. The lowest BCUT2D eigenvalue weighted by Gasteiger charge is -2.14. The fourth-order valence-electron chi connectivity index (χ4n) is 1.90. The van der Waals surface area contributed by atoms with Crippen LogP contribution in [0.2, 0.25) is 5.02 Å². The van der Waals surface area contributed by atoms with Crippen LogP contribution in [0.15, 0.2) is 29.4 Å². The quantitative estimate of drug-likeness (QED) is 0.445. The molecule has 0 fully saturated rings. The zero-order valence-electron chi connectivity index (χ0n) is 14.0. The Morgan fingerprint density at radius 1 is 1.31 bits per heavy atom. The van der Waals surface area contributed by atoms with Crippen LogP contribution in [0, 0.1) is 5.82 Å². The largest absolute Gasteiger partial charge is 0.394 e. The maximum absolute atomic E-state index is 13.8. The van der Waals surface area contributed by atoms with Crippen molar-refractivity contribution in [3.63, 3.8) is 0 Å². The Kier molecular flexibility index (Phi) is 7.04. The Morgan fingerprint density at radius 2 is 2.00 bits per heavy atom. The topological polar surface area (TPSA) is 104 Å². The van der Waals surface area contributed by atoms with Gasteiger partial charge in [0.25, 0.3) is 0 Å². The van der Waals surface area contributed by atoms with E-state index in [0.29, 0.717) is 16.4 Å². The van der Waals surface area contributed by atoms with Crippen molar-refractivity contribution in [2.24, 2.45) is 0 Å². The number of aliphatic hydroxyl groups excluding tert-OH is 1. The Labute approximate surface area is 160 Å². The molecule has 11 heteroatoms. The number of aromatic nitrogens is 2. The Morgan fingerprint density at radius 3 is 2.65 bits per heavy atom. The first-order valence-corrected chi connectivity index (χ1v) is 10.7. The summed E-state index contributed by atoms with van der Waals surface area (Å²) in [6.07, 6.45) is 1.01. The number of nitrogens with one attached hydrogen (secondary N) is 2. The van der Waals surface area contributed by atoms with Gasteiger partial charge in [0.1, 0.15) is 17.5 Å². The van der Waals surface area contributed by atoms with Crippen LogP contribution in [0.3, 0.4) is 0 Å². The molecule has 3 N–H and O–H groups in total. The first kappa shape index (κ1) is 20.7. The highest BCUT2D eigenvalue weighted by Gasteiger charge is 2.12. The number of thioether (sulfide) groups is 1. The summed E-state index contributed by atoms with van der Waals surface area (Å²) in [5, 5.41) is 12.7. The van der Waals surface area contributed by atoms with Crippen molar-refractivity contribution in [2.45, 2.75) is 23.9 Å². The van der Waals surface area contributed by atoms with Gasteiger partial charge in [-0.05, 0) is 30.7 Å². The van der Waals surface area contributed by atoms with E-state index in [1.165, 1.54) is 24.3 Å². The molecule has 0 spiro atoms. The number of benzene rings is 1. The molecule has 0 saturated heterocycles. The normalized spacial score (nSPS) is 12.7. The van der Waals surface area contributed by atoms with Crippen molar-refractivity contribution in [2.75, 3.05) is 22.9 Å². The first-order chi connectivity index (χ1) is 12.2. The Balaban J connectivity index is 2.26. The number of rotatable bonds is 8. The Bertz CT molecular complexity index is 883. The van der Waals surface area contributed by atoms with E-state index in [2.05, 4.69) is 20.0 Å². The summed E-state index contributed by atoms with van der Waals surface area (Å²) in [6.45, 7) is 1.61. The van der Waals surface area contributed by atoms with Gasteiger partial charge < -0.3 is 10.4 Å². The van der Waals surface area contributed by atoms with E-state index < -0.39 is 15.8 Å². The van der Waals surface area contributed by atoms with Crippen molar-refractivity contribution >= 4 is 45.0 Å². The van der Waals surface area contributed by atoms with E-state index in [0.717, 1.165) is 18.0 Å². The molecule has 0 saturated carbocycles. The third-order valence-electron chi connectivity index (χ3n) is 3.03. The van der Waals surface area contributed by atoms with Crippen molar-refractivity contribution in [1.82, 2.24) is 9.97 Å². The molecule has 0 amide bonds. The molecule has 7 nitrogen and oxygen atoms in total. The van der Waals surface area contributed by atoms with E-state index in [-0.39, 0.29) is 29.4 Å². The molecule has 1 atom stereocenters. The lowest BCUT2D eigenvalue weighted by Crippen LogP contribution is -2.21. The first-order valence-electron chi connectivity index (χ1n) is 7.47. The van der Waals surface area contributed by atoms with Gasteiger partial charge in [-0.15, -0.1) is 0 Å². The van der Waals surface area contributed by atoms with Crippen LogP contribution >= 0.6 is 23.4 Å². The second-order valence-corrected chi connectivity index (χ2v) is 8.67. The van der Waals surface area contributed by atoms with E-state index in [4.69, 9.17) is 16.7 Å². The molecule has 1 aromatic carbocycles. The minimum Gasteiger partial charge on any atom is -0.394 e. The molecule has 0 radical (unpaired) electrons. The predicted molar refractivity (Wildman–Crippen MR) is 102 cm³/mol. The summed E-state index contributed by atoms with van der Waals surface area (Å²) in [5.41, 5.74) is 0.380. The molecule has 2 aromatic rings. The number of halogens is 2. The summed E-state index contributed by atoms with van der Waals surface area (Å²) < 4.78 is 39.0. The summed E-state index contributed by atoms with van der Waals surface area (Å²) in [4.78, 5) is 8.38. The van der Waals surface area contributed by atoms with Gasteiger partial charge in [0.2, 0.25) is 10.0 Å². The van der Waals surface area contributed by atoms with Gasteiger partial charge in [0, 0.05) is 22.9 Å². The molecule has 0 aliphatic carbocycles. The van der Waals surface area contributed by atoms with Crippen LogP contribution < -0.4 is 10.0 Å². The minimum absolute atomic E-state index is 0.0733. The van der Waals surface area contributed by atoms with E-state index >= 15 is 0 Å².